The third kappa shape index (κ3) is 1.72. The number of anilines is 1. The first kappa shape index (κ1) is 11.9. The summed E-state index contributed by atoms with van der Waals surface area (Å²) < 4.78 is 12.2. The minimum Gasteiger partial charge on any atom is -0.453 e. The minimum atomic E-state index is 0.0475. The minimum absolute atomic E-state index is 0.0475. The van der Waals surface area contributed by atoms with Gasteiger partial charge in [-0.05, 0) is 6.07 Å². The Balaban J connectivity index is 2.25. The monoisotopic (exact) mass is 279 g/mol. The van der Waals surface area contributed by atoms with Gasteiger partial charge < -0.3 is 15.2 Å². The van der Waals surface area contributed by atoms with Crippen molar-refractivity contribution in [3.05, 3.63) is 22.7 Å². The molecular formula is C12H10ClN3O3. The predicted octanol–water partition coefficient (Wildman–Crippen LogP) is 1.86. The number of carbonyl (C=O) groups is 1. The average Bonchev–Trinajstić information content (AvgIpc) is 2.96. The molecule has 6 nitrogen and oxygen atoms in total. The van der Waals surface area contributed by atoms with Crippen LogP contribution in [0.15, 0.2) is 12.1 Å². The van der Waals surface area contributed by atoms with E-state index in [1.165, 1.54) is 0 Å². The molecule has 1 aromatic heterocycles. The van der Waals surface area contributed by atoms with Crippen molar-refractivity contribution in [3.8, 4) is 22.8 Å². The van der Waals surface area contributed by atoms with Crippen molar-refractivity contribution in [3.63, 3.8) is 0 Å². The lowest BCUT2D eigenvalue weighted by Gasteiger charge is -2.06. The Kier molecular flexibility index (Phi) is 2.60. The molecule has 0 radical (unpaired) electrons. The Bertz CT molecular complexity index is 662. The van der Waals surface area contributed by atoms with Gasteiger partial charge in [0, 0.05) is 18.7 Å². The molecule has 0 atom stereocenters. The van der Waals surface area contributed by atoms with Crippen LogP contribution in [0.5, 0.6) is 11.5 Å². The van der Waals surface area contributed by atoms with Gasteiger partial charge in [0.1, 0.15) is 5.82 Å². The summed E-state index contributed by atoms with van der Waals surface area (Å²) in [5.74, 6) is 1.32. The van der Waals surface area contributed by atoms with Crippen LogP contribution >= 0.6 is 11.6 Å². The molecule has 0 fully saturated rings. The topological polar surface area (TPSA) is 79.4 Å². The van der Waals surface area contributed by atoms with Crippen molar-refractivity contribution >= 4 is 23.7 Å². The molecule has 2 N–H and O–H groups in total. The zero-order valence-corrected chi connectivity index (χ0v) is 10.8. The molecule has 0 unspecified atom stereocenters. The summed E-state index contributed by atoms with van der Waals surface area (Å²) in [4.78, 5) is 11.0. The molecule has 3 rings (SSSR count). The third-order valence-corrected chi connectivity index (χ3v) is 3.25. The van der Waals surface area contributed by atoms with E-state index in [9.17, 15) is 4.79 Å². The second-order valence-corrected chi connectivity index (χ2v) is 4.49. The maximum absolute atomic E-state index is 11.0. The highest BCUT2D eigenvalue weighted by molar-refractivity contribution is 6.33. The van der Waals surface area contributed by atoms with Gasteiger partial charge in [-0.3, -0.25) is 9.48 Å². The summed E-state index contributed by atoms with van der Waals surface area (Å²) in [6.07, 6.45) is 0.645. The Morgan fingerprint density at radius 1 is 1.42 bits per heavy atom. The van der Waals surface area contributed by atoms with Gasteiger partial charge in [0.2, 0.25) is 6.79 Å². The molecule has 1 aliphatic heterocycles. The summed E-state index contributed by atoms with van der Waals surface area (Å²) in [5, 5.41) is 4.55. The van der Waals surface area contributed by atoms with Crippen LogP contribution in [-0.4, -0.2) is 22.9 Å². The number of nitrogens with zero attached hydrogens (tertiary/aromatic N) is 2. The molecule has 2 aromatic rings. The van der Waals surface area contributed by atoms with Crippen LogP contribution in [0.3, 0.4) is 0 Å². The molecule has 0 saturated carbocycles. The van der Waals surface area contributed by atoms with Gasteiger partial charge in [-0.15, -0.1) is 0 Å². The molecule has 0 saturated heterocycles. The van der Waals surface area contributed by atoms with Crippen molar-refractivity contribution < 1.29 is 14.3 Å². The Hall–Kier alpha value is -2.21. The lowest BCUT2D eigenvalue weighted by molar-refractivity contribution is 0.111. The van der Waals surface area contributed by atoms with Crippen LogP contribution in [0.2, 0.25) is 5.02 Å². The number of aldehydes is 1. The fraction of sp³-hybridized carbons (Fsp3) is 0.167. The number of halogens is 1. The van der Waals surface area contributed by atoms with Gasteiger partial charge in [-0.2, -0.15) is 5.10 Å². The molecule has 0 aliphatic carbocycles. The van der Waals surface area contributed by atoms with E-state index in [0.29, 0.717) is 39.9 Å². The summed E-state index contributed by atoms with van der Waals surface area (Å²) in [6.45, 7) is 0.0475. The van der Waals surface area contributed by atoms with E-state index in [1.807, 2.05) is 0 Å². The molecule has 0 bridgehead atoms. The summed E-state index contributed by atoms with van der Waals surface area (Å²) in [5.41, 5.74) is 7.30. The number of carbonyl (C=O) groups excluding carboxylic acids is 1. The zero-order valence-electron chi connectivity index (χ0n) is 10.0. The van der Waals surface area contributed by atoms with Crippen molar-refractivity contribution in [2.24, 2.45) is 7.05 Å². The highest BCUT2D eigenvalue weighted by atomic mass is 35.5. The fourth-order valence-electron chi connectivity index (χ4n) is 1.97. The lowest BCUT2D eigenvalue weighted by Crippen LogP contribution is -1.96. The highest BCUT2D eigenvalue weighted by Crippen LogP contribution is 2.46. The Morgan fingerprint density at radius 3 is 2.79 bits per heavy atom. The Labute approximate surface area is 113 Å². The number of nitrogen functional groups attached to an aromatic ring is 1. The second kappa shape index (κ2) is 4.17. The molecule has 0 amide bonds. The van der Waals surface area contributed by atoms with Gasteiger partial charge in [-0.1, -0.05) is 11.6 Å². The van der Waals surface area contributed by atoms with E-state index >= 15 is 0 Å². The number of hydrogen-bond acceptors (Lipinski definition) is 5. The fourth-order valence-corrected chi connectivity index (χ4v) is 2.21. The summed E-state index contributed by atoms with van der Waals surface area (Å²) in [6, 6.07) is 3.33. The number of nitrogens with two attached hydrogens (primary N) is 1. The number of aryl methyl sites for hydroxylation is 1. The summed E-state index contributed by atoms with van der Waals surface area (Å²) in [7, 11) is 1.73. The van der Waals surface area contributed by atoms with Gasteiger partial charge >= 0.3 is 0 Å². The molecule has 19 heavy (non-hydrogen) atoms. The van der Waals surface area contributed by atoms with Gasteiger partial charge in [-0.25, -0.2) is 0 Å². The first-order valence-electron chi connectivity index (χ1n) is 5.49. The zero-order chi connectivity index (χ0) is 13.6. The van der Waals surface area contributed by atoms with Crippen LogP contribution in [0, 0.1) is 0 Å². The number of hydrogen-bond donors (Lipinski definition) is 1. The van der Waals surface area contributed by atoms with E-state index in [2.05, 4.69) is 5.10 Å². The number of aromatic nitrogens is 2. The first-order chi connectivity index (χ1) is 9.11. The standard InChI is InChI=1S/C12H10ClN3O3/c1-16-10(14)3-9(15-16)6-2-8(13)7(4-17)12-11(6)18-5-19-12/h2-4H,5,14H2,1H3. The average molecular weight is 280 g/mol. The van der Waals surface area contributed by atoms with Crippen molar-refractivity contribution in [2.75, 3.05) is 12.5 Å². The van der Waals surface area contributed by atoms with Crippen LogP contribution < -0.4 is 15.2 Å². The smallest absolute Gasteiger partial charge is 0.231 e. The molecular weight excluding hydrogens is 270 g/mol. The van der Waals surface area contributed by atoms with E-state index in [1.54, 1.807) is 23.9 Å². The Morgan fingerprint density at radius 2 is 2.16 bits per heavy atom. The number of fused-ring (bicyclic) bond motifs is 1. The molecule has 1 aromatic carbocycles. The van der Waals surface area contributed by atoms with E-state index in [0.717, 1.165) is 0 Å². The number of ether oxygens (including phenoxy) is 2. The van der Waals surface area contributed by atoms with E-state index in [-0.39, 0.29) is 12.4 Å². The highest BCUT2D eigenvalue weighted by Gasteiger charge is 2.26. The lowest BCUT2D eigenvalue weighted by atomic mass is 10.1. The molecule has 0 spiro atoms. The van der Waals surface area contributed by atoms with Gasteiger partial charge in [0.15, 0.2) is 17.8 Å². The summed E-state index contributed by atoms with van der Waals surface area (Å²) >= 11 is 6.08. The van der Waals surface area contributed by atoms with Crippen molar-refractivity contribution in [1.82, 2.24) is 9.78 Å². The maximum atomic E-state index is 11.0. The SMILES string of the molecule is Cn1nc(-c2cc(Cl)c(C=O)c3c2OCO3)cc1N. The second-order valence-electron chi connectivity index (χ2n) is 4.08. The quantitative estimate of drug-likeness (QED) is 0.849. The third-order valence-electron chi connectivity index (χ3n) is 2.94. The van der Waals surface area contributed by atoms with Gasteiger partial charge in [0.25, 0.3) is 0 Å². The van der Waals surface area contributed by atoms with Crippen LogP contribution in [0.1, 0.15) is 10.4 Å². The van der Waals surface area contributed by atoms with Crippen LogP contribution in [-0.2, 0) is 7.05 Å². The number of benzene rings is 1. The molecule has 1 aliphatic rings. The van der Waals surface area contributed by atoms with Crippen LogP contribution in [0.25, 0.3) is 11.3 Å². The predicted molar refractivity (Wildman–Crippen MR) is 69.6 cm³/mol. The maximum Gasteiger partial charge on any atom is 0.231 e. The van der Waals surface area contributed by atoms with Crippen molar-refractivity contribution in [1.29, 1.82) is 0 Å². The van der Waals surface area contributed by atoms with Gasteiger partial charge in [0.05, 0.1) is 16.3 Å². The first-order valence-corrected chi connectivity index (χ1v) is 5.86. The number of rotatable bonds is 2. The molecule has 7 heteroatoms. The van der Waals surface area contributed by atoms with E-state index in [4.69, 9.17) is 26.8 Å². The molecule has 98 valence electrons. The van der Waals surface area contributed by atoms with Crippen molar-refractivity contribution in [2.45, 2.75) is 0 Å². The van der Waals surface area contributed by atoms with Crippen LogP contribution in [0.4, 0.5) is 5.82 Å². The molecule has 2 heterocycles. The normalized spacial score (nSPS) is 12.7. The largest absolute Gasteiger partial charge is 0.453 e. The van der Waals surface area contributed by atoms with E-state index < -0.39 is 0 Å².